The Labute approximate surface area is 409 Å². The van der Waals surface area contributed by atoms with Gasteiger partial charge in [0.05, 0.1) is 0 Å². The molecule has 0 heterocycles. The first-order valence-electron chi connectivity index (χ1n) is 31.6. The van der Waals surface area contributed by atoms with Crippen LogP contribution in [0.3, 0.4) is 0 Å². The van der Waals surface area contributed by atoms with Crippen LogP contribution in [0.5, 0.6) is 0 Å². The monoisotopic (exact) mass is 897 g/mol. The van der Waals surface area contributed by atoms with Gasteiger partial charge in [0.15, 0.2) is 0 Å². The summed E-state index contributed by atoms with van der Waals surface area (Å²) in [5.41, 5.74) is 0. The molecule has 2 unspecified atom stereocenters. The minimum absolute atomic E-state index is 0.991. The van der Waals surface area contributed by atoms with Crippen LogP contribution in [-0.4, -0.2) is 0 Å². The second kappa shape index (κ2) is 34.7. The molecule has 2 atom stereocenters. The fourth-order valence-corrected chi connectivity index (χ4v) is 14.9. The van der Waals surface area contributed by atoms with Crippen LogP contribution in [0.15, 0.2) is 24.3 Å². The van der Waals surface area contributed by atoms with Gasteiger partial charge in [0.2, 0.25) is 0 Å². The lowest BCUT2D eigenvalue weighted by molar-refractivity contribution is 0.0198. The van der Waals surface area contributed by atoms with E-state index in [0.717, 1.165) is 23.7 Å². The van der Waals surface area contributed by atoms with Crippen LogP contribution in [0.4, 0.5) is 0 Å². The average Bonchev–Trinajstić information content (AvgIpc) is 3.75. The van der Waals surface area contributed by atoms with E-state index in [1.807, 2.05) is 0 Å². The first kappa shape index (κ1) is 53.8. The lowest BCUT2D eigenvalue weighted by atomic mass is 9.56. The van der Waals surface area contributed by atoms with Crippen LogP contribution in [0.1, 0.15) is 327 Å². The third-order valence-electron chi connectivity index (χ3n) is 19.3. The van der Waals surface area contributed by atoms with Crippen LogP contribution < -0.4 is 0 Å². The van der Waals surface area contributed by atoms with E-state index in [0.29, 0.717) is 0 Å². The lowest BCUT2D eigenvalue weighted by Crippen LogP contribution is -2.38. The van der Waals surface area contributed by atoms with Crippen LogP contribution in [0, 0.1) is 59.2 Å². The van der Waals surface area contributed by atoms with Gasteiger partial charge in [-0.2, -0.15) is 0 Å². The van der Waals surface area contributed by atoms with Crippen molar-refractivity contribution in [1.82, 2.24) is 0 Å². The minimum Gasteiger partial charge on any atom is -0.0885 e. The van der Waals surface area contributed by atoms with Gasteiger partial charge in [-0.05, 0) is 149 Å². The highest BCUT2D eigenvalue weighted by atomic mass is 14.5. The molecule has 0 heteroatoms. The van der Waals surface area contributed by atoms with E-state index in [1.54, 1.807) is 96.3 Å². The third kappa shape index (κ3) is 24.7. The van der Waals surface area contributed by atoms with Crippen molar-refractivity contribution in [2.24, 2.45) is 59.2 Å². The van der Waals surface area contributed by atoms with Gasteiger partial charge in [-0.1, -0.05) is 262 Å². The normalized spacial score (nSPS) is 36.4. The summed E-state index contributed by atoms with van der Waals surface area (Å²) in [6, 6.07) is 0. The molecule has 65 heavy (non-hydrogen) atoms. The molecule has 8 bridgehead atoms. The van der Waals surface area contributed by atoms with Crippen molar-refractivity contribution in [3.63, 3.8) is 0 Å². The second-order valence-corrected chi connectivity index (χ2v) is 25.4. The maximum Gasteiger partial charge on any atom is -0.0228 e. The highest BCUT2D eigenvalue weighted by Crippen LogP contribution is 2.53. The van der Waals surface area contributed by atoms with Crippen LogP contribution in [0.25, 0.3) is 0 Å². The highest BCUT2D eigenvalue weighted by molar-refractivity contribution is 5.06. The molecule has 16 aliphatic carbocycles. The average molecular weight is 898 g/mol. The molecule has 0 aromatic rings. The summed E-state index contributed by atoms with van der Waals surface area (Å²) in [5.74, 6) is 11.3. The molecule has 0 nitrogen and oxygen atoms in total. The molecule has 16 aliphatic rings. The van der Waals surface area contributed by atoms with Gasteiger partial charge in [-0.25, -0.2) is 0 Å². The van der Waals surface area contributed by atoms with Gasteiger partial charge < -0.3 is 0 Å². The van der Waals surface area contributed by atoms with E-state index in [9.17, 15) is 0 Å². The first-order valence-corrected chi connectivity index (χ1v) is 31.6. The zero-order valence-corrected chi connectivity index (χ0v) is 44.1. The van der Waals surface area contributed by atoms with E-state index in [-0.39, 0.29) is 0 Å². The molecule has 0 radical (unpaired) electrons. The molecule has 0 saturated heterocycles. The lowest BCUT2D eigenvalue weighted by Gasteiger charge is -2.49. The Balaban J connectivity index is 0.000000122. The Morgan fingerprint density at radius 3 is 0.554 bits per heavy atom. The summed E-state index contributed by atoms with van der Waals surface area (Å²) < 4.78 is 0. The molecular formula is C65H116. The zero-order chi connectivity index (χ0) is 44.7. The van der Waals surface area contributed by atoms with Crippen molar-refractivity contribution >= 4 is 0 Å². The fraction of sp³-hybridized carbons (Fsp3) is 0.938. The van der Waals surface area contributed by atoms with Crippen LogP contribution in [-0.2, 0) is 0 Å². The van der Waals surface area contributed by atoms with E-state index in [4.69, 9.17) is 0 Å². The Morgan fingerprint density at radius 2 is 0.415 bits per heavy atom. The van der Waals surface area contributed by atoms with E-state index in [1.165, 1.54) is 267 Å². The summed E-state index contributed by atoms with van der Waals surface area (Å²) in [6.07, 6.45) is 86.5. The Morgan fingerprint density at radius 1 is 0.185 bits per heavy atom. The standard InChI is InChI=1S/C10H16.C10H18.C7H12.C7H10.C7H14.C6H12.C6H10.C5H10.C4H8.C3H6/c1-7-2-9-4-8(1)5-10(3-7)6-9;1-2-6-10-8-4-3-7-9(10)5-1;2*1-2-7-4-3-6(1)5-7;1-2-4-6-7-5-3-1;2*1-2-4-6-5-3-1;1-2-4-5-3-1;1-2-4-3-1;1-2-3-1/h7-10H,1-6H2;9-10H,1-8H2;6-7H,1-5H2;1-2,6-7H,3-5H2;1-7H2;1-6H2;1-2H,3-6H2;1-5H2;1-4H2;1-3H2. The molecule has 0 spiro atoms. The van der Waals surface area contributed by atoms with Gasteiger partial charge in [0.1, 0.15) is 0 Å². The number of allylic oxidation sites excluding steroid dienone is 4. The first-order chi connectivity index (χ1) is 32.3. The van der Waals surface area contributed by atoms with E-state index < -0.39 is 0 Å². The number of fused-ring (bicyclic) bond motifs is 5. The number of rotatable bonds is 0. The van der Waals surface area contributed by atoms with Gasteiger partial charge in [0, 0.05) is 0 Å². The maximum absolute atomic E-state index is 2.38. The van der Waals surface area contributed by atoms with Crippen molar-refractivity contribution in [1.29, 1.82) is 0 Å². The molecule has 0 N–H and O–H groups in total. The second-order valence-electron chi connectivity index (χ2n) is 25.4. The predicted octanol–water partition coefficient (Wildman–Crippen LogP) is 22.2. The molecule has 376 valence electrons. The minimum atomic E-state index is 0.991. The largest absolute Gasteiger partial charge is 0.0885 e. The summed E-state index contributed by atoms with van der Waals surface area (Å²) in [4.78, 5) is 0. The van der Waals surface area contributed by atoms with Crippen molar-refractivity contribution in [3.05, 3.63) is 24.3 Å². The Hall–Kier alpha value is -0.520. The number of hydrogen-bond acceptors (Lipinski definition) is 0. The van der Waals surface area contributed by atoms with Gasteiger partial charge in [-0.3, -0.25) is 0 Å². The summed E-state index contributed by atoms with van der Waals surface area (Å²) in [7, 11) is 0. The molecule has 0 aliphatic heterocycles. The smallest absolute Gasteiger partial charge is 0.0228 e. The van der Waals surface area contributed by atoms with Gasteiger partial charge >= 0.3 is 0 Å². The zero-order valence-electron chi connectivity index (χ0n) is 44.1. The molecular weight excluding hydrogens is 781 g/mol. The third-order valence-corrected chi connectivity index (χ3v) is 19.3. The summed E-state index contributed by atoms with van der Waals surface area (Å²) in [5, 5.41) is 0. The molecule has 0 aromatic heterocycles. The van der Waals surface area contributed by atoms with Crippen LogP contribution >= 0.6 is 0 Å². The molecule has 16 rings (SSSR count). The molecule has 0 amide bonds. The van der Waals surface area contributed by atoms with Crippen molar-refractivity contribution < 1.29 is 0 Å². The van der Waals surface area contributed by atoms with Gasteiger partial charge in [-0.15, -0.1) is 0 Å². The molecule has 14 fully saturated rings. The molecule has 0 aromatic carbocycles. The Kier molecular flexibility index (Phi) is 28.8. The van der Waals surface area contributed by atoms with Gasteiger partial charge in [0.25, 0.3) is 0 Å². The molecule has 14 saturated carbocycles. The number of hydrogen-bond donors (Lipinski definition) is 0. The quantitative estimate of drug-likeness (QED) is 0.168. The van der Waals surface area contributed by atoms with E-state index in [2.05, 4.69) is 24.3 Å². The van der Waals surface area contributed by atoms with Crippen molar-refractivity contribution in [2.75, 3.05) is 0 Å². The van der Waals surface area contributed by atoms with E-state index >= 15 is 0 Å². The Bertz CT molecular complexity index is 994. The van der Waals surface area contributed by atoms with Crippen LogP contribution in [0.2, 0.25) is 0 Å². The summed E-state index contributed by atoms with van der Waals surface area (Å²) in [6.45, 7) is 0. The SMILES string of the molecule is C1=CC2CCC1C2.C1=CCCCC1.C1C2CC3CC1CC(C2)C3.C1CC1.C1CC2CCC1C2.C1CCC1.C1CCC2CCCCC2C1.C1CCCC1.C1CCCCC1.C1CCCCCC1. The maximum atomic E-state index is 2.38. The van der Waals surface area contributed by atoms with Crippen molar-refractivity contribution in [3.8, 4) is 0 Å². The fourth-order valence-electron chi connectivity index (χ4n) is 14.9. The topological polar surface area (TPSA) is 0 Å². The highest BCUT2D eigenvalue weighted by Gasteiger charge is 2.41. The predicted molar refractivity (Wildman–Crippen MR) is 289 cm³/mol. The van der Waals surface area contributed by atoms with Crippen molar-refractivity contribution in [2.45, 2.75) is 327 Å². The summed E-state index contributed by atoms with van der Waals surface area (Å²) >= 11 is 0.